The summed E-state index contributed by atoms with van der Waals surface area (Å²) in [4.78, 5) is 9.01. The molecule has 0 fully saturated rings. The Labute approximate surface area is 152 Å². The van der Waals surface area contributed by atoms with Gasteiger partial charge >= 0.3 is 0 Å². The van der Waals surface area contributed by atoms with E-state index in [1.165, 1.54) is 5.56 Å². The second kappa shape index (κ2) is 6.88. The average Bonchev–Trinajstić information content (AvgIpc) is 3.13. The minimum atomic E-state index is 0.481. The fourth-order valence-electron chi connectivity index (χ4n) is 3.04. The number of aromatic nitrogens is 1. The van der Waals surface area contributed by atoms with Crippen LogP contribution in [0.5, 0.6) is 5.75 Å². The number of rotatable bonds is 4. The quantitative estimate of drug-likeness (QED) is 0.570. The molecule has 0 unspecified atom stereocenters. The first-order valence-corrected chi connectivity index (χ1v) is 8.56. The van der Waals surface area contributed by atoms with Gasteiger partial charge in [0.15, 0.2) is 0 Å². The molecule has 1 aliphatic rings. The summed E-state index contributed by atoms with van der Waals surface area (Å²) in [5.74, 6) is 2.29. The number of aliphatic imine (C=N–C) groups is 2. The Kier molecular flexibility index (Phi) is 4.27. The highest BCUT2D eigenvalue weighted by atomic mass is 16.5. The number of benzene rings is 2. The molecular formula is C21H20N4O. The Morgan fingerprint density at radius 1 is 1.08 bits per heavy atom. The van der Waals surface area contributed by atoms with Gasteiger partial charge in [-0.3, -0.25) is 0 Å². The van der Waals surface area contributed by atoms with Gasteiger partial charge in [0, 0.05) is 23.7 Å². The first kappa shape index (κ1) is 16.1. The fraction of sp³-hybridized carbons (Fsp3) is 0.143. The first-order chi connectivity index (χ1) is 12.7. The fourth-order valence-corrected chi connectivity index (χ4v) is 3.04. The zero-order chi connectivity index (χ0) is 17.9. The molecule has 2 heterocycles. The lowest BCUT2D eigenvalue weighted by Gasteiger charge is -2.11. The molecule has 0 radical (unpaired) electrons. The van der Waals surface area contributed by atoms with Gasteiger partial charge in [-0.15, -0.1) is 0 Å². The van der Waals surface area contributed by atoms with Gasteiger partial charge in [0.2, 0.25) is 0 Å². The summed E-state index contributed by atoms with van der Waals surface area (Å²) in [6, 6.07) is 17.7. The molecule has 5 nitrogen and oxygen atoms in total. The first-order valence-electron chi connectivity index (χ1n) is 8.56. The average molecular weight is 344 g/mol. The molecule has 0 aliphatic carbocycles. The van der Waals surface area contributed by atoms with Crippen LogP contribution in [0.15, 0.2) is 70.8 Å². The van der Waals surface area contributed by atoms with Gasteiger partial charge in [0.05, 0.1) is 12.8 Å². The maximum absolute atomic E-state index is 6.17. The molecule has 0 amide bonds. The molecule has 5 heteroatoms. The molecule has 2 aromatic carbocycles. The highest BCUT2D eigenvalue weighted by Gasteiger charge is 2.12. The van der Waals surface area contributed by atoms with Gasteiger partial charge in [-0.25, -0.2) is 9.98 Å². The molecule has 0 saturated heterocycles. The highest BCUT2D eigenvalue weighted by molar-refractivity contribution is 5.99. The molecule has 1 aliphatic heterocycles. The number of hydrogen-bond donors (Lipinski definition) is 1. The SMILES string of the molecule is COc1ccc(/N=C(/N)c2ccc(-n3ccc4c3N=CCC4)cc2)cc1. The van der Waals surface area contributed by atoms with Crippen LogP contribution in [-0.4, -0.2) is 23.7 Å². The summed E-state index contributed by atoms with van der Waals surface area (Å²) >= 11 is 0. The van der Waals surface area contributed by atoms with Crippen molar-refractivity contribution in [2.24, 2.45) is 15.7 Å². The number of amidine groups is 1. The molecular weight excluding hydrogens is 324 g/mol. The zero-order valence-electron chi connectivity index (χ0n) is 14.6. The Hall–Kier alpha value is -3.34. The van der Waals surface area contributed by atoms with E-state index in [0.717, 1.165) is 41.3 Å². The van der Waals surface area contributed by atoms with Crippen molar-refractivity contribution in [2.75, 3.05) is 7.11 Å². The predicted octanol–water partition coefficient (Wildman–Crippen LogP) is 4.17. The summed E-state index contributed by atoms with van der Waals surface area (Å²) in [6.45, 7) is 0. The van der Waals surface area contributed by atoms with E-state index in [-0.39, 0.29) is 0 Å². The Morgan fingerprint density at radius 2 is 1.85 bits per heavy atom. The van der Waals surface area contributed by atoms with Crippen molar-refractivity contribution in [3.8, 4) is 11.4 Å². The van der Waals surface area contributed by atoms with Gasteiger partial charge in [-0.05, 0) is 73.0 Å². The standard InChI is InChI=1S/C21H20N4O/c1-26-19-10-6-17(7-11-19)24-20(22)15-4-8-18(9-5-15)25-14-12-16-3-2-13-23-21(16)25/h4-14H,2-3H2,1H3,(H2,22,24). The summed E-state index contributed by atoms with van der Waals surface area (Å²) in [6.07, 6.45) is 6.10. The molecule has 2 N–H and O–H groups in total. The molecule has 0 atom stereocenters. The third kappa shape index (κ3) is 3.11. The Morgan fingerprint density at radius 3 is 2.58 bits per heavy atom. The van der Waals surface area contributed by atoms with Crippen LogP contribution in [0.3, 0.4) is 0 Å². The van der Waals surface area contributed by atoms with E-state index in [2.05, 4.69) is 26.8 Å². The molecule has 4 rings (SSSR count). The predicted molar refractivity (Wildman–Crippen MR) is 106 cm³/mol. The topological polar surface area (TPSA) is 64.9 Å². The number of ether oxygens (including phenoxy) is 1. The largest absolute Gasteiger partial charge is 0.497 e. The zero-order valence-corrected chi connectivity index (χ0v) is 14.6. The molecule has 0 saturated carbocycles. The monoisotopic (exact) mass is 344 g/mol. The Bertz CT molecular complexity index is 966. The van der Waals surface area contributed by atoms with E-state index in [1.807, 2.05) is 54.7 Å². The summed E-state index contributed by atoms with van der Waals surface area (Å²) in [7, 11) is 1.64. The Balaban J connectivity index is 1.58. The van der Waals surface area contributed by atoms with Crippen LogP contribution in [0.25, 0.3) is 5.69 Å². The minimum absolute atomic E-state index is 0.481. The van der Waals surface area contributed by atoms with Crippen LogP contribution >= 0.6 is 0 Å². The van der Waals surface area contributed by atoms with Crippen LogP contribution in [0.1, 0.15) is 17.5 Å². The van der Waals surface area contributed by atoms with Gasteiger partial charge in [0.1, 0.15) is 17.4 Å². The molecule has 130 valence electrons. The van der Waals surface area contributed by atoms with Gasteiger partial charge in [0.25, 0.3) is 0 Å². The van der Waals surface area contributed by atoms with E-state index in [0.29, 0.717) is 5.84 Å². The second-order valence-corrected chi connectivity index (χ2v) is 6.13. The minimum Gasteiger partial charge on any atom is -0.497 e. The summed E-state index contributed by atoms with van der Waals surface area (Å²) < 4.78 is 7.26. The lowest BCUT2D eigenvalue weighted by Crippen LogP contribution is -2.12. The van der Waals surface area contributed by atoms with Crippen molar-refractivity contribution >= 4 is 23.6 Å². The van der Waals surface area contributed by atoms with E-state index in [1.54, 1.807) is 7.11 Å². The van der Waals surface area contributed by atoms with Crippen LogP contribution in [0, 0.1) is 0 Å². The third-order valence-corrected chi connectivity index (χ3v) is 4.46. The molecule has 0 spiro atoms. The summed E-state index contributed by atoms with van der Waals surface area (Å²) in [5.41, 5.74) is 10.2. The van der Waals surface area contributed by atoms with Crippen LogP contribution in [0.4, 0.5) is 11.5 Å². The highest BCUT2D eigenvalue weighted by Crippen LogP contribution is 2.28. The van der Waals surface area contributed by atoms with E-state index in [9.17, 15) is 0 Å². The normalized spacial score (nSPS) is 13.5. The van der Waals surface area contributed by atoms with Crippen molar-refractivity contribution in [1.29, 1.82) is 0 Å². The number of aryl methyl sites for hydroxylation is 1. The van der Waals surface area contributed by atoms with E-state index < -0.39 is 0 Å². The summed E-state index contributed by atoms with van der Waals surface area (Å²) in [5, 5.41) is 0. The number of fused-ring (bicyclic) bond motifs is 1. The van der Waals surface area contributed by atoms with Crippen molar-refractivity contribution in [3.05, 3.63) is 71.9 Å². The molecule has 26 heavy (non-hydrogen) atoms. The van der Waals surface area contributed by atoms with Crippen molar-refractivity contribution in [2.45, 2.75) is 12.8 Å². The van der Waals surface area contributed by atoms with Gasteiger partial charge in [-0.1, -0.05) is 0 Å². The third-order valence-electron chi connectivity index (χ3n) is 4.46. The van der Waals surface area contributed by atoms with Gasteiger partial charge in [-0.2, -0.15) is 0 Å². The van der Waals surface area contributed by atoms with Crippen molar-refractivity contribution in [3.63, 3.8) is 0 Å². The molecule has 0 bridgehead atoms. The molecule has 3 aromatic rings. The van der Waals surface area contributed by atoms with E-state index >= 15 is 0 Å². The number of nitrogens with two attached hydrogens (primary N) is 1. The van der Waals surface area contributed by atoms with Gasteiger partial charge < -0.3 is 15.0 Å². The molecule has 1 aromatic heterocycles. The van der Waals surface area contributed by atoms with Crippen molar-refractivity contribution < 1.29 is 4.74 Å². The van der Waals surface area contributed by atoms with Crippen LogP contribution in [0.2, 0.25) is 0 Å². The lowest BCUT2D eigenvalue weighted by molar-refractivity contribution is 0.415. The number of nitrogens with zero attached hydrogens (tertiary/aromatic N) is 3. The maximum atomic E-state index is 6.17. The van der Waals surface area contributed by atoms with Crippen LogP contribution < -0.4 is 10.5 Å². The number of methoxy groups -OCH3 is 1. The number of hydrogen-bond acceptors (Lipinski definition) is 3. The van der Waals surface area contributed by atoms with E-state index in [4.69, 9.17) is 10.5 Å². The lowest BCUT2D eigenvalue weighted by atomic mass is 10.1. The smallest absolute Gasteiger partial charge is 0.139 e. The van der Waals surface area contributed by atoms with Crippen LogP contribution in [-0.2, 0) is 6.42 Å². The second-order valence-electron chi connectivity index (χ2n) is 6.13. The van der Waals surface area contributed by atoms with Crippen molar-refractivity contribution in [1.82, 2.24) is 4.57 Å². The maximum Gasteiger partial charge on any atom is 0.139 e.